The maximum Gasteiger partial charge on any atom is 0.318 e. The first kappa shape index (κ1) is 19.4. The molecule has 0 bridgehead atoms. The molecule has 1 N–H and O–H groups in total. The predicted octanol–water partition coefficient (Wildman–Crippen LogP) is 5.73. The molecule has 5 rings (SSSR count). The summed E-state index contributed by atoms with van der Waals surface area (Å²) in [6.45, 7) is 3.16. The van der Waals surface area contributed by atoms with Gasteiger partial charge < -0.3 is 14.8 Å². The van der Waals surface area contributed by atoms with E-state index in [2.05, 4.69) is 35.1 Å². The van der Waals surface area contributed by atoms with Gasteiger partial charge in [-0.2, -0.15) is 0 Å². The SMILES string of the molecule is CC[C@H]1c2cccn2-c2sc3c(c2CN1C(=O)NCc1ccc(F)cc1)CCCC3. The maximum absolute atomic E-state index is 13.3. The second-order valence-electron chi connectivity index (χ2n) is 8.13. The molecule has 1 aliphatic heterocycles. The molecule has 156 valence electrons. The standard InChI is InChI=1S/C24H26FN3OS/c1-2-20-21-7-5-13-27(21)23-19(18-6-3-4-8-22(18)30-23)15-28(20)24(29)26-14-16-9-11-17(25)12-10-16/h5,7,9-13,20H,2-4,6,8,14-15H2,1H3,(H,26,29)/t20-/m0/s1. The predicted molar refractivity (Wildman–Crippen MR) is 117 cm³/mol. The lowest BCUT2D eigenvalue weighted by molar-refractivity contribution is 0.167. The Hall–Kier alpha value is -2.60. The molecule has 0 saturated carbocycles. The summed E-state index contributed by atoms with van der Waals surface area (Å²) >= 11 is 1.91. The summed E-state index contributed by atoms with van der Waals surface area (Å²) in [6, 6.07) is 10.5. The Morgan fingerprint density at radius 3 is 2.77 bits per heavy atom. The lowest BCUT2D eigenvalue weighted by Crippen LogP contribution is -2.41. The van der Waals surface area contributed by atoms with Crippen LogP contribution < -0.4 is 5.32 Å². The van der Waals surface area contributed by atoms with Gasteiger partial charge in [-0.3, -0.25) is 0 Å². The monoisotopic (exact) mass is 423 g/mol. The first-order valence-electron chi connectivity index (χ1n) is 10.8. The number of fused-ring (bicyclic) bond motifs is 5. The Labute approximate surface area is 180 Å². The van der Waals surface area contributed by atoms with Crippen LogP contribution in [0.3, 0.4) is 0 Å². The Morgan fingerprint density at radius 1 is 1.17 bits per heavy atom. The summed E-state index contributed by atoms with van der Waals surface area (Å²) < 4.78 is 15.5. The number of benzene rings is 1. The first-order chi connectivity index (χ1) is 14.7. The molecule has 0 saturated heterocycles. The van der Waals surface area contributed by atoms with E-state index in [0.29, 0.717) is 13.1 Å². The van der Waals surface area contributed by atoms with Crippen molar-refractivity contribution in [3.63, 3.8) is 0 Å². The van der Waals surface area contributed by atoms with E-state index in [9.17, 15) is 9.18 Å². The fourth-order valence-electron chi connectivity index (χ4n) is 4.79. The van der Waals surface area contributed by atoms with Gasteiger partial charge >= 0.3 is 6.03 Å². The molecule has 2 amide bonds. The number of rotatable bonds is 3. The largest absolute Gasteiger partial charge is 0.334 e. The fourth-order valence-corrected chi connectivity index (χ4v) is 6.19. The minimum absolute atomic E-state index is 0.0204. The topological polar surface area (TPSA) is 37.3 Å². The highest BCUT2D eigenvalue weighted by atomic mass is 32.1. The zero-order valence-electron chi connectivity index (χ0n) is 17.2. The molecule has 1 atom stereocenters. The van der Waals surface area contributed by atoms with E-state index in [1.807, 2.05) is 16.2 Å². The second kappa shape index (κ2) is 7.91. The van der Waals surface area contributed by atoms with Crippen LogP contribution in [-0.2, 0) is 25.9 Å². The minimum atomic E-state index is -0.265. The van der Waals surface area contributed by atoms with Crippen LogP contribution in [0.5, 0.6) is 0 Å². The molecule has 30 heavy (non-hydrogen) atoms. The number of nitrogens with zero attached hydrogens (tertiary/aromatic N) is 2. The molecule has 2 aliphatic rings. The summed E-state index contributed by atoms with van der Waals surface area (Å²) in [5.41, 5.74) is 4.85. The average molecular weight is 424 g/mol. The number of hydrogen-bond acceptors (Lipinski definition) is 2. The highest BCUT2D eigenvalue weighted by Gasteiger charge is 2.34. The summed E-state index contributed by atoms with van der Waals surface area (Å²) in [7, 11) is 0. The van der Waals surface area contributed by atoms with Gasteiger partial charge in [0.1, 0.15) is 10.8 Å². The van der Waals surface area contributed by atoms with Crippen molar-refractivity contribution in [2.75, 3.05) is 0 Å². The van der Waals surface area contributed by atoms with Crippen molar-refractivity contribution in [1.82, 2.24) is 14.8 Å². The molecule has 1 aromatic carbocycles. The number of thiophene rings is 1. The van der Waals surface area contributed by atoms with Gasteiger partial charge in [0, 0.05) is 28.9 Å². The minimum Gasteiger partial charge on any atom is -0.334 e. The number of urea groups is 1. The molecular weight excluding hydrogens is 397 g/mol. The van der Waals surface area contributed by atoms with E-state index < -0.39 is 0 Å². The number of amides is 2. The first-order valence-corrected chi connectivity index (χ1v) is 11.6. The number of carbonyl (C=O) groups excluding carboxylic acids is 1. The lowest BCUT2D eigenvalue weighted by atomic mass is 9.95. The van der Waals surface area contributed by atoms with E-state index in [1.54, 1.807) is 12.1 Å². The number of carbonyl (C=O) groups is 1. The number of aromatic nitrogens is 1. The van der Waals surface area contributed by atoms with Crippen LogP contribution in [0, 0.1) is 5.82 Å². The molecule has 2 aromatic heterocycles. The molecule has 0 radical (unpaired) electrons. The second-order valence-corrected chi connectivity index (χ2v) is 9.22. The Balaban J connectivity index is 1.48. The average Bonchev–Trinajstić information content (AvgIpc) is 3.35. The summed E-state index contributed by atoms with van der Waals surface area (Å²) in [6.07, 6.45) is 7.73. The van der Waals surface area contributed by atoms with Crippen molar-refractivity contribution in [3.8, 4) is 5.00 Å². The summed E-state index contributed by atoms with van der Waals surface area (Å²) in [4.78, 5) is 16.8. The van der Waals surface area contributed by atoms with Crippen molar-refractivity contribution >= 4 is 17.4 Å². The molecule has 0 spiro atoms. The lowest BCUT2D eigenvalue weighted by Gasteiger charge is -2.30. The van der Waals surface area contributed by atoms with Crippen molar-refractivity contribution in [3.05, 3.63) is 75.7 Å². The van der Waals surface area contributed by atoms with Crippen LogP contribution in [0.25, 0.3) is 5.00 Å². The van der Waals surface area contributed by atoms with Gasteiger partial charge in [-0.15, -0.1) is 11.3 Å². The Morgan fingerprint density at radius 2 is 1.97 bits per heavy atom. The van der Waals surface area contributed by atoms with Gasteiger partial charge in [-0.1, -0.05) is 19.1 Å². The Kier molecular flexibility index (Phi) is 5.11. The summed E-state index contributed by atoms with van der Waals surface area (Å²) in [5.74, 6) is -0.265. The zero-order chi connectivity index (χ0) is 20.7. The molecule has 1 aliphatic carbocycles. The van der Waals surface area contributed by atoms with E-state index in [1.165, 1.54) is 51.7 Å². The normalized spacial score (nSPS) is 17.7. The summed E-state index contributed by atoms with van der Waals surface area (Å²) in [5, 5.41) is 4.35. The van der Waals surface area contributed by atoms with Gasteiger partial charge in [-0.25, -0.2) is 9.18 Å². The smallest absolute Gasteiger partial charge is 0.318 e. The van der Waals surface area contributed by atoms with Crippen molar-refractivity contribution in [2.24, 2.45) is 0 Å². The van der Waals surface area contributed by atoms with E-state index in [0.717, 1.165) is 24.8 Å². The number of halogens is 1. The van der Waals surface area contributed by atoms with Crippen LogP contribution >= 0.6 is 11.3 Å². The molecule has 3 aromatic rings. The third kappa shape index (κ3) is 3.33. The van der Waals surface area contributed by atoms with E-state index >= 15 is 0 Å². The third-order valence-electron chi connectivity index (χ3n) is 6.31. The van der Waals surface area contributed by atoms with Crippen molar-refractivity contribution in [2.45, 2.75) is 58.2 Å². The van der Waals surface area contributed by atoms with Crippen LogP contribution in [0.2, 0.25) is 0 Å². The van der Waals surface area contributed by atoms with Gasteiger partial charge in [0.05, 0.1) is 12.6 Å². The van der Waals surface area contributed by atoms with Crippen molar-refractivity contribution in [1.29, 1.82) is 0 Å². The quantitative estimate of drug-likeness (QED) is 0.574. The van der Waals surface area contributed by atoms with Crippen molar-refractivity contribution < 1.29 is 9.18 Å². The van der Waals surface area contributed by atoms with E-state index in [-0.39, 0.29) is 17.9 Å². The number of hydrogen-bond donors (Lipinski definition) is 1. The molecule has 6 heteroatoms. The molecular formula is C24H26FN3OS. The van der Waals surface area contributed by atoms with E-state index in [4.69, 9.17) is 0 Å². The van der Waals surface area contributed by atoms with Crippen LogP contribution in [0.4, 0.5) is 9.18 Å². The molecule has 3 heterocycles. The maximum atomic E-state index is 13.3. The molecule has 4 nitrogen and oxygen atoms in total. The number of nitrogens with one attached hydrogen (secondary N) is 1. The molecule has 0 unspecified atom stereocenters. The zero-order valence-corrected chi connectivity index (χ0v) is 18.0. The number of aryl methyl sites for hydroxylation is 1. The molecule has 0 fully saturated rings. The van der Waals surface area contributed by atoms with Gasteiger partial charge in [-0.05, 0) is 67.5 Å². The highest BCUT2D eigenvalue weighted by molar-refractivity contribution is 7.15. The van der Waals surface area contributed by atoms with Gasteiger partial charge in [0.2, 0.25) is 0 Å². The van der Waals surface area contributed by atoms with Gasteiger partial charge in [0.25, 0.3) is 0 Å². The van der Waals surface area contributed by atoms with Crippen LogP contribution in [-0.4, -0.2) is 15.5 Å². The van der Waals surface area contributed by atoms with Crippen LogP contribution in [0.1, 0.15) is 59.5 Å². The highest BCUT2D eigenvalue weighted by Crippen LogP contribution is 2.42. The third-order valence-corrected chi connectivity index (χ3v) is 7.64. The fraction of sp³-hybridized carbons (Fsp3) is 0.375. The van der Waals surface area contributed by atoms with Gasteiger partial charge in [0.15, 0.2) is 0 Å². The van der Waals surface area contributed by atoms with Crippen LogP contribution in [0.15, 0.2) is 42.6 Å². The Bertz CT molecular complexity index is 1070.